The first kappa shape index (κ1) is 17.8. The highest BCUT2D eigenvalue weighted by Crippen LogP contribution is 2.24. The summed E-state index contributed by atoms with van der Waals surface area (Å²) in [5, 5.41) is 15.0. The quantitative estimate of drug-likeness (QED) is 0.675. The lowest BCUT2D eigenvalue weighted by atomic mass is 9.84. The smallest absolute Gasteiger partial charge is 0.315 e. The summed E-state index contributed by atoms with van der Waals surface area (Å²) in [6.07, 6.45) is 6.55. The van der Waals surface area contributed by atoms with E-state index in [1.165, 1.54) is 0 Å². The molecule has 5 nitrogen and oxygen atoms in total. The predicted octanol–water partition coefficient (Wildman–Crippen LogP) is 3.14. The highest BCUT2D eigenvalue weighted by atomic mass is 16.4. The molecule has 0 bridgehead atoms. The molecule has 122 valence electrons. The van der Waals surface area contributed by atoms with Crippen LogP contribution in [0.3, 0.4) is 0 Å². The number of carboxylic acids is 1. The van der Waals surface area contributed by atoms with E-state index in [4.69, 9.17) is 0 Å². The van der Waals surface area contributed by atoms with Crippen molar-refractivity contribution in [1.29, 1.82) is 0 Å². The average molecular weight is 298 g/mol. The van der Waals surface area contributed by atoms with Gasteiger partial charge in [0.25, 0.3) is 0 Å². The number of carbonyl (C=O) groups excluding carboxylic acids is 1. The van der Waals surface area contributed by atoms with Gasteiger partial charge in [-0.15, -0.1) is 0 Å². The number of rotatable bonds is 7. The van der Waals surface area contributed by atoms with Crippen molar-refractivity contribution in [3.05, 3.63) is 0 Å². The summed E-state index contributed by atoms with van der Waals surface area (Å²) in [6.45, 7) is 6.38. The van der Waals surface area contributed by atoms with Crippen LogP contribution in [0.25, 0.3) is 0 Å². The Morgan fingerprint density at radius 2 is 1.81 bits per heavy atom. The van der Waals surface area contributed by atoms with Crippen LogP contribution < -0.4 is 10.6 Å². The maximum Gasteiger partial charge on any atom is 0.315 e. The lowest BCUT2D eigenvalue weighted by molar-refractivity contribution is -0.143. The summed E-state index contributed by atoms with van der Waals surface area (Å²) in [6, 6.07) is -0.347. The van der Waals surface area contributed by atoms with Crippen molar-refractivity contribution in [2.75, 3.05) is 0 Å². The van der Waals surface area contributed by atoms with Crippen LogP contribution in [-0.2, 0) is 4.79 Å². The Morgan fingerprint density at radius 1 is 1.14 bits per heavy atom. The monoisotopic (exact) mass is 298 g/mol. The van der Waals surface area contributed by atoms with Gasteiger partial charge in [0, 0.05) is 12.1 Å². The Kier molecular flexibility index (Phi) is 7.54. The molecular formula is C16H30N2O3. The molecular weight excluding hydrogens is 268 g/mol. The second-order valence-electron chi connectivity index (χ2n) is 6.68. The number of aliphatic carboxylic acids is 1. The van der Waals surface area contributed by atoms with Crippen molar-refractivity contribution in [3.8, 4) is 0 Å². The fourth-order valence-electron chi connectivity index (χ4n) is 2.94. The Hall–Kier alpha value is -1.26. The lowest BCUT2D eigenvalue weighted by Gasteiger charge is -2.29. The SMILES string of the molecule is CC(C)CCCC(C)NC(=O)NC1CCCCC1C(=O)O. The van der Waals surface area contributed by atoms with Gasteiger partial charge in [-0.05, 0) is 32.1 Å². The van der Waals surface area contributed by atoms with Crippen molar-refractivity contribution in [2.24, 2.45) is 11.8 Å². The van der Waals surface area contributed by atoms with E-state index in [9.17, 15) is 14.7 Å². The lowest BCUT2D eigenvalue weighted by Crippen LogP contribution is -2.50. The molecule has 3 unspecified atom stereocenters. The summed E-state index contributed by atoms with van der Waals surface area (Å²) in [5.74, 6) is -0.560. The average Bonchev–Trinajstić information content (AvgIpc) is 2.38. The highest BCUT2D eigenvalue weighted by molar-refractivity contribution is 5.77. The van der Waals surface area contributed by atoms with Gasteiger partial charge in [0.1, 0.15) is 0 Å². The molecule has 3 N–H and O–H groups in total. The number of carbonyl (C=O) groups is 2. The third-order valence-electron chi connectivity index (χ3n) is 4.20. The molecule has 1 fully saturated rings. The molecule has 0 radical (unpaired) electrons. The molecule has 5 heteroatoms. The third-order valence-corrected chi connectivity index (χ3v) is 4.20. The Labute approximate surface area is 127 Å². The largest absolute Gasteiger partial charge is 0.481 e. The molecule has 0 aliphatic heterocycles. The number of amides is 2. The topological polar surface area (TPSA) is 78.4 Å². The molecule has 3 atom stereocenters. The molecule has 0 saturated heterocycles. The molecule has 0 aromatic rings. The summed E-state index contributed by atoms with van der Waals surface area (Å²) in [5.41, 5.74) is 0. The zero-order valence-corrected chi connectivity index (χ0v) is 13.5. The first-order valence-corrected chi connectivity index (χ1v) is 8.20. The third kappa shape index (κ3) is 6.82. The van der Waals surface area contributed by atoms with E-state index in [0.29, 0.717) is 12.3 Å². The van der Waals surface area contributed by atoms with Crippen molar-refractivity contribution in [2.45, 2.75) is 77.8 Å². The van der Waals surface area contributed by atoms with Crippen LogP contribution in [0.5, 0.6) is 0 Å². The highest BCUT2D eigenvalue weighted by Gasteiger charge is 2.31. The fourth-order valence-corrected chi connectivity index (χ4v) is 2.94. The summed E-state index contributed by atoms with van der Waals surface area (Å²) < 4.78 is 0. The maximum absolute atomic E-state index is 12.0. The minimum absolute atomic E-state index is 0.121. The molecule has 0 heterocycles. The second-order valence-corrected chi connectivity index (χ2v) is 6.68. The molecule has 0 aromatic heterocycles. The zero-order chi connectivity index (χ0) is 15.8. The van der Waals surface area contributed by atoms with Crippen LogP contribution in [0, 0.1) is 11.8 Å². The first-order chi connectivity index (χ1) is 9.90. The van der Waals surface area contributed by atoms with Gasteiger partial charge < -0.3 is 15.7 Å². The van der Waals surface area contributed by atoms with Crippen molar-refractivity contribution in [3.63, 3.8) is 0 Å². The maximum atomic E-state index is 12.0. The minimum atomic E-state index is -0.801. The number of hydrogen-bond donors (Lipinski definition) is 3. The molecule has 21 heavy (non-hydrogen) atoms. The number of nitrogens with one attached hydrogen (secondary N) is 2. The summed E-state index contributed by atoms with van der Waals surface area (Å²) in [4.78, 5) is 23.2. The van der Waals surface area contributed by atoms with Gasteiger partial charge in [-0.1, -0.05) is 39.5 Å². The van der Waals surface area contributed by atoms with Crippen LogP contribution in [0.4, 0.5) is 4.79 Å². The van der Waals surface area contributed by atoms with E-state index in [2.05, 4.69) is 24.5 Å². The van der Waals surface area contributed by atoms with Crippen LogP contribution in [0.1, 0.15) is 65.7 Å². The number of carboxylic acid groups (broad SMARTS) is 1. The standard InChI is InChI=1S/C16H30N2O3/c1-11(2)7-6-8-12(3)17-16(21)18-14-10-5-4-9-13(14)15(19)20/h11-14H,4-10H2,1-3H3,(H,19,20)(H2,17,18,21). The van der Waals surface area contributed by atoms with E-state index in [-0.39, 0.29) is 18.1 Å². The fraction of sp³-hybridized carbons (Fsp3) is 0.875. The van der Waals surface area contributed by atoms with E-state index >= 15 is 0 Å². The van der Waals surface area contributed by atoms with Crippen molar-refractivity contribution in [1.82, 2.24) is 10.6 Å². The van der Waals surface area contributed by atoms with Crippen molar-refractivity contribution < 1.29 is 14.7 Å². The van der Waals surface area contributed by atoms with Gasteiger partial charge in [-0.2, -0.15) is 0 Å². The van der Waals surface area contributed by atoms with Crippen molar-refractivity contribution >= 4 is 12.0 Å². The van der Waals surface area contributed by atoms with Crippen LogP contribution in [-0.4, -0.2) is 29.2 Å². The first-order valence-electron chi connectivity index (χ1n) is 8.20. The summed E-state index contributed by atoms with van der Waals surface area (Å²) >= 11 is 0. The van der Waals surface area contributed by atoms with Crippen LogP contribution in [0.15, 0.2) is 0 Å². The molecule has 1 aliphatic carbocycles. The number of hydrogen-bond acceptors (Lipinski definition) is 2. The van der Waals surface area contributed by atoms with Gasteiger partial charge in [-0.25, -0.2) is 4.79 Å². The molecule has 2 amide bonds. The minimum Gasteiger partial charge on any atom is -0.481 e. The normalized spacial score (nSPS) is 23.6. The molecule has 1 saturated carbocycles. The van der Waals surface area contributed by atoms with E-state index in [1.807, 2.05) is 6.92 Å². The molecule has 1 aliphatic rings. The van der Waals surface area contributed by atoms with Gasteiger partial charge in [0.2, 0.25) is 0 Å². The zero-order valence-electron chi connectivity index (χ0n) is 13.5. The van der Waals surface area contributed by atoms with Gasteiger partial charge >= 0.3 is 12.0 Å². The van der Waals surface area contributed by atoms with E-state index in [1.54, 1.807) is 0 Å². The van der Waals surface area contributed by atoms with Gasteiger partial charge in [-0.3, -0.25) is 4.79 Å². The van der Waals surface area contributed by atoms with Crippen LogP contribution >= 0.6 is 0 Å². The molecule has 1 rings (SSSR count). The van der Waals surface area contributed by atoms with E-state index < -0.39 is 11.9 Å². The Bertz CT molecular complexity index is 344. The summed E-state index contributed by atoms with van der Waals surface area (Å²) in [7, 11) is 0. The predicted molar refractivity (Wildman–Crippen MR) is 83.2 cm³/mol. The molecule has 0 spiro atoms. The Morgan fingerprint density at radius 3 is 2.43 bits per heavy atom. The Balaban J connectivity index is 2.32. The van der Waals surface area contributed by atoms with E-state index in [0.717, 1.165) is 38.5 Å². The van der Waals surface area contributed by atoms with Gasteiger partial charge in [0.15, 0.2) is 0 Å². The van der Waals surface area contributed by atoms with Crippen LogP contribution in [0.2, 0.25) is 0 Å². The second kappa shape index (κ2) is 8.90. The number of urea groups is 1. The molecule has 0 aromatic carbocycles. The van der Waals surface area contributed by atoms with Gasteiger partial charge in [0.05, 0.1) is 5.92 Å².